The van der Waals surface area contributed by atoms with E-state index in [9.17, 15) is 5.11 Å². The number of carboxylic acids is 1. The standard InChI is InChI=1S/C12H18O.C2H4O2/c13-12-8-4-2-1-3-5-11(6-9-12)7-10-12;1-2(3)4/h6-7,9,13H,1-5,8,10H2;1H3,(H,3,4). The van der Waals surface area contributed by atoms with E-state index in [1.807, 2.05) is 6.08 Å². The molecule has 1 atom stereocenters. The summed E-state index contributed by atoms with van der Waals surface area (Å²) in [5, 5.41) is 17.5. The van der Waals surface area contributed by atoms with Gasteiger partial charge in [0.2, 0.25) is 0 Å². The molecule has 0 aromatic carbocycles. The van der Waals surface area contributed by atoms with Gasteiger partial charge >= 0.3 is 0 Å². The van der Waals surface area contributed by atoms with E-state index in [2.05, 4.69) is 12.2 Å². The van der Waals surface area contributed by atoms with Crippen molar-refractivity contribution in [3.63, 3.8) is 0 Å². The van der Waals surface area contributed by atoms with Crippen LogP contribution in [0.5, 0.6) is 0 Å². The highest BCUT2D eigenvalue weighted by atomic mass is 16.4. The molecule has 0 fully saturated rings. The molecule has 3 aliphatic carbocycles. The zero-order valence-corrected chi connectivity index (χ0v) is 10.5. The Hall–Kier alpha value is -1.09. The summed E-state index contributed by atoms with van der Waals surface area (Å²) in [4.78, 5) is 9.00. The molecule has 1 unspecified atom stereocenters. The Morgan fingerprint density at radius 2 is 1.94 bits per heavy atom. The van der Waals surface area contributed by atoms with E-state index in [0.717, 1.165) is 19.8 Å². The second-order valence-corrected chi connectivity index (χ2v) is 4.85. The molecule has 0 saturated heterocycles. The van der Waals surface area contributed by atoms with Crippen LogP contribution in [0.4, 0.5) is 0 Å². The molecule has 3 rings (SSSR count). The van der Waals surface area contributed by atoms with Gasteiger partial charge in [-0.05, 0) is 25.7 Å². The number of hydrogen-bond acceptors (Lipinski definition) is 2. The van der Waals surface area contributed by atoms with Crippen LogP contribution < -0.4 is 0 Å². The van der Waals surface area contributed by atoms with Crippen molar-refractivity contribution in [3.8, 4) is 0 Å². The minimum Gasteiger partial charge on any atom is -0.481 e. The normalized spacial score (nSPS) is 27.8. The van der Waals surface area contributed by atoms with E-state index in [-0.39, 0.29) is 0 Å². The van der Waals surface area contributed by atoms with E-state index < -0.39 is 11.6 Å². The Morgan fingerprint density at radius 3 is 2.53 bits per heavy atom. The summed E-state index contributed by atoms with van der Waals surface area (Å²) in [6.07, 6.45) is 14.4. The maximum Gasteiger partial charge on any atom is 0.300 e. The Bertz CT molecular complexity index is 313. The van der Waals surface area contributed by atoms with Crippen LogP contribution in [0.15, 0.2) is 23.8 Å². The largest absolute Gasteiger partial charge is 0.481 e. The maximum absolute atomic E-state index is 10.1. The highest BCUT2D eigenvalue weighted by Gasteiger charge is 2.24. The zero-order chi connectivity index (χ0) is 12.7. The summed E-state index contributed by atoms with van der Waals surface area (Å²) in [7, 11) is 0. The molecule has 2 N–H and O–H groups in total. The quantitative estimate of drug-likeness (QED) is 0.682. The maximum atomic E-state index is 10.1. The molecule has 0 radical (unpaired) electrons. The second kappa shape index (κ2) is 6.60. The lowest BCUT2D eigenvalue weighted by molar-refractivity contribution is -0.134. The molecule has 17 heavy (non-hydrogen) atoms. The molecular formula is C14H22O3. The number of allylic oxidation sites excluding steroid dienone is 2. The number of aliphatic hydroxyl groups is 1. The fourth-order valence-electron chi connectivity index (χ4n) is 2.19. The number of hydrogen-bond donors (Lipinski definition) is 2. The van der Waals surface area contributed by atoms with E-state index in [0.29, 0.717) is 0 Å². The third-order valence-electron chi connectivity index (χ3n) is 3.15. The molecule has 0 aromatic rings. The van der Waals surface area contributed by atoms with Crippen LogP contribution in [0, 0.1) is 0 Å². The van der Waals surface area contributed by atoms with Crippen molar-refractivity contribution >= 4 is 5.97 Å². The van der Waals surface area contributed by atoms with Gasteiger partial charge < -0.3 is 10.2 Å². The molecule has 0 amide bonds. The van der Waals surface area contributed by atoms with E-state index in [1.165, 1.54) is 37.7 Å². The molecule has 3 heteroatoms. The van der Waals surface area contributed by atoms with E-state index in [1.54, 1.807) is 0 Å². The van der Waals surface area contributed by atoms with Crippen molar-refractivity contribution in [1.29, 1.82) is 0 Å². The Morgan fingerprint density at radius 1 is 1.29 bits per heavy atom. The first kappa shape index (κ1) is 14.0. The Balaban J connectivity index is 0.000000317. The number of fused-ring (bicyclic) bond motifs is 6. The summed E-state index contributed by atoms with van der Waals surface area (Å²) >= 11 is 0. The van der Waals surface area contributed by atoms with Gasteiger partial charge in [-0.3, -0.25) is 4.79 Å². The number of aliphatic carboxylic acids is 1. The molecule has 96 valence electrons. The van der Waals surface area contributed by atoms with Crippen molar-refractivity contribution < 1.29 is 15.0 Å². The van der Waals surface area contributed by atoms with Gasteiger partial charge in [-0.1, -0.05) is 43.1 Å². The molecule has 0 spiro atoms. The first-order valence-electron chi connectivity index (χ1n) is 6.32. The molecule has 0 aliphatic heterocycles. The van der Waals surface area contributed by atoms with Crippen molar-refractivity contribution in [2.45, 2.75) is 57.5 Å². The summed E-state index contributed by atoms with van der Waals surface area (Å²) in [5.74, 6) is -0.833. The summed E-state index contributed by atoms with van der Waals surface area (Å²) in [5.41, 5.74) is 0.910. The average Bonchev–Trinajstić information content (AvgIpc) is 2.26. The van der Waals surface area contributed by atoms with Gasteiger partial charge in [0.25, 0.3) is 5.97 Å². The predicted molar refractivity (Wildman–Crippen MR) is 67.8 cm³/mol. The lowest BCUT2D eigenvalue weighted by Gasteiger charge is -2.27. The first-order valence-corrected chi connectivity index (χ1v) is 6.32. The molecule has 0 aromatic heterocycles. The van der Waals surface area contributed by atoms with E-state index >= 15 is 0 Å². The van der Waals surface area contributed by atoms with Crippen LogP contribution in [0.3, 0.4) is 0 Å². The van der Waals surface area contributed by atoms with Crippen LogP contribution in [0.1, 0.15) is 51.9 Å². The van der Waals surface area contributed by atoms with Gasteiger partial charge in [0.1, 0.15) is 0 Å². The van der Waals surface area contributed by atoms with Gasteiger partial charge in [-0.2, -0.15) is 0 Å². The SMILES string of the molecule is CC(=O)O.OC12C=CC(=CC1)CCCCCC2. The van der Waals surface area contributed by atoms with Crippen LogP contribution in [-0.4, -0.2) is 21.8 Å². The predicted octanol–water partition coefficient (Wildman–Crippen LogP) is 3.05. The number of carboxylic acid groups (broad SMARTS) is 1. The molecule has 2 bridgehead atoms. The second-order valence-electron chi connectivity index (χ2n) is 4.85. The number of rotatable bonds is 0. The lowest BCUT2D eigenvalue weighted by Crippen LogP contribution is -2.27. The Kier molecular flexibility index (Phi) is 5.42. The molecule has 0 heterocycles. The molecule has 3 aliphatic rings. The van der Waals surface area contributed by atoms with Crippen molar-refractivity contribution in [2.24, 2.45) is 0 Å². The molecule has 0 saturated carbocycles. The summed E-state index contributed by atoms with van der Waals surface area (Å²) in [6.45, 7) is 1.08. The highest BCUT2D eigenvalue weighted by molar-refractivity contribution is 5.62. The minimum atomic E-state index is -0.833. The van der Waals surface area contributed by atoms with Crippen LogP contribution >= 0.6 is 0 Å². The van der Waals surface area contributed by atoms with E-state index in [4.69, 9.17) is 9.90 Å². The van der Waals surface area contributed by atoms with Crippen molar-refractivity contribution in [2.75, 3.05) is 0 Å². The van der Waals surface area contributed by atoms with Crippen LogP contribution in [0.2, 0.25) is 0 Å². The third kappa shape index (κ3) is 5.68. The highest BCUT2D eigenvalue weighted by Crippen LogP contribution is 2.30. The minimum absolute atomic E-state index is 0.513. The molecule has 3 nitrogen and oxygen atoms in total. The van der Waals surface area contributed by atoms with Crippen LogP contribution in [-0.2, 0) is 4.79 Å². The Labute approximate surface area is 103 Å². The monoisotopic (exact) mass is 238 g/mol. The van der Waals surface area contributed by atoms with Gasteiger partial charge in [0, 0.05) is 6.92 Å². The topological polar surface area (TPSA) is 57.5 Å². The van der Waals surface area contributed by atoms with Crippen molar-refractivity contribution in [3.05, 3.63) is 23.8 Å². The van der Waals surface area contributed by atoms with Gasteiger partial charge in [0.05, 0.1) is 5.60 Å². The van der Waals surface area contributed by atoms with Gasteiger partial charge in [-0.25, -0.2) is 0 Å². The third-order valence-corrected chi connectivity index (χ3v) is 3.15. The first-order chi connectivity index (χ1) is 8.02. The fourth-order valence-corrected chi connectivity index (χ4v) is 2.19. The lowest BCUT2D eigenvalue weighted by atomic mass is 9.84. The molecular weight excluding hydrogens is 216 g/mol. The summed E-state index contributed by atoms with van der Waals surface area (Å²) in [6, 6.07) is 0. The van der Waals surface area contributed by atoms with Crippen molar-refractivity contribution in [1.82, 2.24) is 0 Å². The smallest absolute Gasteiger partial charge is 0.300 e. The number of carbonyl (C=O) groups is 1. The average molecular weight is 238 g/mol. The van der Waals surface area contributed by atoms with Gasteiger partial charge in [-0.15, -0.1) is 0 Å². The van der Waals surface area contributed by atoms with Gasteiger partial charge in [0.15, 0.2) is 0 Å². The fraction of sp³-hybridized carbons (Fsp3) is 0.643. The zero-order valence-electron chi connectivity index (χ0n) is 10.5. The van der Waals surface area contributed by atoms with Crippen LogP contribution in [0.25, 0.3) is 0 Å². The summed E-state index contributed by atoms with van der Waals surface area (Å²) < 4.78 is 0.